The van der Waals surface area contributed by atoms with Gasteiger partial charge in [-0.05, 0) is 105 Å². The Morgan fingerprint density at radius 1 is 0.870 bits per heavy atom. The van der Waals surface area contributed by atoms with Crippen molar-refractivity contribution in [3.63, 3.8) is 0 Å². The second kappa shape index (κ2) is 5.46. The average molecular weight is 321 g/mol. The highest BCUT2D eigenvalue weighted by atomic mass is 16.3. The van der Waals surface area contributed by atoms with Crippen molar-refractivity contribution in [1.29, 1.82) is 0 Å². The Morgan fingerprint density at radius 2 is 1.57 bits per heavy atom. The number of fused-ring (bicyclic) bond motifs is 5. The number of aliphatic hydroxyl groups excluding tert-OH is 2. The molecule has 0 aromatic heterocycles. The molecule has 0 radical (unpaired) electrons. The molecule has 23 heavy (non-hydrogen) atoms. The van der Waals surface area contributed by atoms with Gasteiger partial charge < -0.3 is 10.2 Å². The van der Waals surface area contributed by atoms with Gasteiger partial charge in [0.15, 0.2) is 0 Å². The SMILES string of the molecule is CC(O)[C@H]1CCC2C3CC[C@@H]4CC(O)CCC4(C)C3CCC21C. The Labute approximate surface area is 142 Å². The molecule has 7 unspecified atom stereocenters. The summed E-state index contributed by atoms with van der Waals surface area (Å²) in [4.78, 5) is 0. The quantitative estimate of drug-likeness (QED) is 0.752. The van der Waals surface area contributed by atoms with Crippen molar-refractivity contribution < 1.29 is 10.2 Å². The van der Waals surface area contributed by atoms with Gasteiger partial charge >= 0.3 is 0 Å². The van der Waals surface area contributed by atoms with E-state index < -0.39 is 0 Å². The zero-order valence-electron chi connectivity index (χ0n) is 15.3. The summed E-state index contributed by atoms with van der Waals surface area (Å²) in [7, 11) is 0. The van der Waals surface area contributed by atoms with E-state index in [0.717, 1.165) is 36.5 Å². The van der Waals surface area contributed by atoms with E-state index in [0.29, 0.717) is 16.7 Å². The van der Waals surface area contributed by atoms with E-state index in [1.165, 1.54) is 44.9 Å². The molecule has 4 aliphatic carbocycles. The molecule has 0 amide bonds. The summed E-state index contributed by atoms with van der Waals surface area (Å²) < 4.78 is 0. The average Bonchev–Trinajstić information content (AvgIpc) is 2.85. The van der Waals surface area contributed by atoms with Crippen molar-refractivity contribution >= 4 is 0 Å². The van der Waals surface area contributed by atoms with Gasteiger partial charge in [0.25, 0.3) is 0 Å². The van der Waals surface area contributed by atoms with Crippen molar-refractivity contribution in [1.82, 2.24) is 0 Å². The molecular weight excluding hydrogens is 284 g/mol. The fourth-order valence-electron chi connectivity index (χ4n) is 8.07. The lowest BCUT2D eigenvalue weighted by atomic mass is 9.44. The first-order valence-corrected chi connectivity index (χ1v) is 10.2. The molecule has 4 saturated carbocycles. The molecule has 2 N–H and O–H groups in total. The molecule has 0 bridgehead atoms. The summed E-state index contributed by atoms with van der Waals surface area (Å²) in [5, 5.41) is 20.4. The zero-order chi connectivity index (χ0) is 16.4. The lowest BCUT2D eigenvalue weighted by molar-refractivity contribution is -0.132. The molecule has 0 heterocycles. The van der Waals surface area contributed by atoms with E-state index in [2.05, 4.69) is 13.8 Å². The molecule has 0 aliphatic heterocycles. The fourth-order valence-corrected chi connectivity index (χ4v) is 8.07. The molecule has 2 heteroatoms. The molecule has 0 aromatic carbocycles. The summed E-state index contributed by atoms with van der Waals surface area (Å²) in [6.45, 7) is 7.08. The van der Waals surface area contributed by atoms with Crippen LogP contribution in [0.4, 0.5) is 0 Å². The Morgan fingerprint density at radius 3 is 2.30 bits per heavy atom. The third kappa shape index (κ3) is 2.27. The van der Waals surface area contributed by atoms with Crippen molar-refractivity contribution in [2.24, 2.45) is 40.4 Å². The van der Waals surface area contributed by atoms with Gasteiger partial charge in [0.2, 0.25) is 0 Å². The minimum atomic E-state index is -0.140. The summed E-state index contributed by atoms with van der Waals surface area (Å²) in [5.41, 5.74) is 0.860. The van der Waals surface area contributed by atoms with Crippen LogP contribution in [-0.4, -0.2) is 22.4 Å². The third-order valence-electron chi connectivity index (χ3n) is 9.29. The van der Waals surface area contributed by atoms with E-state index in [4.69, 9.17) is 0 Å². The predicted molar refractivity (Wildman–Crippen MR) is 92.9 cm³/mol. The molecule has 132 valence electrons. The van der Waals surface area contributed by atoms with Gasteiger partial charge in [0.05, 0.1) is 12.2 Å². The Balaban J connectivity index is 1.60. The van der Waals surface area contributed by atoms with Crippen LogP contribution in [0.3, 0.4) is 0 Å². The van der Waals surface area contributed by atoms with Gasteiger partial charge in [-0.15, -0.1) is 0 Å². The summed E-state index contributed by atoms with van der Waals surface area (Å²) in [5.74, 6) is 3.87. The van der Waals surface area contributed by atoms with Gasteiger partial charge in [-0.25, -0.2) is 0 Å². The predicted octanol–water partition coefficient (Wildman–Crippen LogP) is 4.39. The van der Waals surface area contributed by atoms with Crippen LogP contribution < -0.4 is 0 Å². The maximum atomic E-state index is 10.3. The number of rotatable bonds is 1. The zero-order valence-corrected chi connectivity index (χ0v) is 15.3. The molecule has 0 spiro atoms. The van der Waals surface area contributed by atoms with Crippen molar-refractivity contribution in [2.75, 3.05) is 0 Å². The maximum Gasteiger partial charge on any atom is 0.0545 e. The van der Waals surface area contributed by atoms with E-state index >= 15 is 0 Å². The van der Waals surface area contributed by atoms with Crippen molar-refractivity contribution in [3.8, 4) is 0 Å². The van der Waals surface area contributed by atoms with Crippen LogP contribution in [0, 0.1) is 40.4 Å². The van der Waals surface area contributed by atoms with E-state index in [-0.39, 0.29) is 12.2 Å². The molecule has 9 atom stereocenters. The third-order valence-corrected chi connectivity index (χ3v) is 9.29. The second-order valence-corrected chi connectivity index (χ2v) is 10.1. The number of hydrogen-bond acceptors (Lipinski definition) is 2. The highest BCUT2D eigenvalue weighted by molar-refractivity contribution is 5.09. The summed E-state index contributed by atoms with van der Waals surface area (Å²) >= 11 is 0. The first-order chi connectivity index (χ1) is 10.9. The van der Waals surface area contributed by atoms with E-state index in [1.807, 2.05) is 6.92 Å². The van der Waals surface area contributed by atoms with Crippen LogP contribution in [0.25, 0.3) is 0 Å². The Bertz CT molecular complexity index is 461. The molecule has 2 nitrogen and oxygen atoms in total. The second-order valence-electron chi connectivity index (χ2n) is 10.1. The van der Waals surface area contributed by atoms with Crippen LogP contribution in [0.2, 0.25) is 0 Å². The summed E-state index contributed by atoms with van der Waals surface area (Å²) in [6.07, 6.45) is 11.1. The Hall–Kier alpha value is -0.0800. The molecule has 0 saturated heterocycles. The van der Waals surface area contributed by atoms with Gasteiger partial charge in [-0.2, -0.15) is 0 Å². The molecule has 4 aliphatic rings. The lowest BCUT2D eigenvalue weighted by Gasteiger charge is -2.61. The van der Waals surface area contributed by atoms with Crippen LogP contribution in [0.1, 0.15) is 78.6 Å². The summed E-state index contributed by atoms with van der Waals surface area (Å²) in [6, 6.07) is 0. The number of aliphatic hydroxyl groups is 2. The minimum absolute atomic E-state index is 0.0374. The van der Waals surface area contributed by atoms with Gasteiger partial charge in [0.1, 0.15) is 0 Å². The van der Waals surface area contributed by atoms with Gasteiger partial charge in [0, 0.05) is 0 Å². The minimum Gasteiger partial charge on any atom is -0.393 e. The molecule has 4 fully saturated rings. The Kier molecular flexibility index (Phi) is 3.89. The lowest BCUT2D eigenvalue weighted by Crippen LogP contribution is -2.54. The molecule has 4 rings (SSSR count). The van der Waals surface area contributed by atoms with E-state index in [1.54, 1.807) is 0 Å². The van der Waals surface area contributed by atoms with Gasteiger partial charge in [-0.1, -0.05) is 13.8 Å². The van der Waals surface area contributed by atoms with Crippen LogP contribution in [0.15, 0.2) is 0 Å². The largest absolute Gasteiger partial charge is 0.393 e. The maximum absolute atomic E-state index is 10.3. The van der Waals surface area contributed by atoms with Crippen molar-refractivity contribution in [2.45, 2.75) is 90.8 Å². The first-order valence-electron chi connectivity index (χ1n) is 10.2. The fraction of sp³-hybridized carbons (Fsp3) is 1.00. The first kappa shape index (κ1) is 16.4. The normalized spacial score (nSPS) is 57.3. The van der Waals surface area contributed by atoms with Crippen molar-refractivity contribution in [3.05, 3.63) is 0 Å². The topological polar surface area (TPSA) is 40.5 Å². The van der Waals surface area contributed by atoms with E-state index in [9.17, 15) is 10.2 Å². The standard InChI is InChI=1S/C21H36O2/c1-13(22)17-6-7-18-16-5-4-14-12-15(23)8-10-20(14,2)19(16)9-11-21(17,18)3/h13-19,22-23H,4-12H2,1-3H3/t13?,14-,15?,16?,17-,18?,19?,20?,21?/m1/s1. The van der Waals surface area contributed by atoms with Crippen LogP contribution in [0.5, 0.6) is 0 Å². The monoisotopic (exact) mass is 320 g/mol. The smallest absolute Gasteiger partial charge is 0.0545 e. The van der Waals surface area contributed by atoms with Crippen LogP contribution >= 0.6 is 0 Å². The van der Waals surface area contributed by atoms with Gasteiger partial charge in [-0.3, -0.25) is 0 Å². The highest BCUT2D eigenvalue weighted by Gasteiger charge is 2.60. The van der Waals surface area contributed by atoms with Crippen LogP contribution in [-0.2, 0) is 0 Å². The molecule has 0 aromatic rings. The molecular formula is C21H36O2. The highest BCUT2D eigenvalue weighted by Crippen LogP contribution is 2.67. The number of hydrogen-bond donors (Lipinski definition) is 2.